The highest BCUT2D eigenvalue weighted by molar-refractivity contribution is 5.76. The lowest BCUT2D eigenvalue weighted by atomic mass is 10.0. The lowest BCUT2D eigenvalue weighted by Crippen LogP contribution is -2.45. The highest BCUT2D eigenvalue weighted by Gasteiger charge is 2.18. The van der Waals surface area contributed by atoms with Gasteiger partial charge in [0.2, 0.25) is 5.91 Å². The van der Waals surface area contributed by atoms with E-state index >= 15 is 0 Å². The van der Waals surface area contributed by atoms with E-state index in [1.165, 1.54) is 193 Å². The van der Waals surface area contributed by atoms with Gasteiger partial charge in [0.25, 0.3) is 0 Å². The molecule has 0 aliphatic rings. The number of hydrogen-bond acceptors (Lipinski definition) is 3. The van der Waals surface area contributed by atoms with E-state index in [-0.39, 0.29) is 12.5 Å². The third kappa shape index (κ3) is 63.2. The number of allylic oxidation sites excluding steroid dienone is 21. The summed E-state index contributed by atoms with van der Waals surface area (Å²) in [5, 5.41) is 23.2. The van der Waals surface area contributed by atoms with Crippen LogP contribution < -0.4 is 5.32 Å². The van der Waals surface area contributed by atoms with Gasteiger partial charge in [-0.3, -0.25) is 4.79 Å². The minimum Gasteiger partial charge on any atom is -0.394 e. The summed E-state index contributed by atoms with van der Waals surface area (Å²) in [7, 11) is 0. The fourth-order valence-corrected chi connectivity index (χ4v) is 9.41. The first kappa shape index (κ1) is 73.5. The first-order valence-corrected chi connectivity index (χ1v) is 32.9. The molecule has 0 aromatic rings. The van der Waals surface area contributed by atoms with Crippen LogP contribution in [0.2, 0.25) is 0 Å². The zero-order chi connectivity index (χ0) is 55.5. The van der Waals surface area contributed by atoms with E-state index < -0.39 is 12.1 Å². The van der Waals surface area contributed by atoms with Crippen LogP contribution in [-0.4, -0.2) is 34.9 Å². The van der Waals surface area contributed by atoms with Crippen molar-refractivity contribution >= 4 is 5.91 Å². The van der Waals surface area contributed by atoms with Crippen molar-refractivity contribution in [2.75, 3.05) is 6.61 Å². The molecule has 0 heterocycles. The third-order valence-electron chi connectivity index (χ3n) is 14.3. The molecule has 0 aliphatic heterocycles. The summed E-state index contributed by atoms with van der Waals surface area (Å²) in [5.74, 6) is -0.0794. The standard InChI is InChI=1S/C73H125NO3/c1-3-5-7-9-11-13-15-17-19-21-23-25-27-29-30-31-32-33-34-35-36-37-38-39-40-41-42-43-44-45-47-49-51-53-55-57-59-61-63-65-67-69-73(77)74-71(70-75)72(76)68-66-64-62-60-58-56-54-52-50-48-46-28-26-24-22-20-18-16-14-12-10-8-6-4-2/h5,7,11,13,17,19,23,25,29-30,32-33,35-36,38-39,50,52,58,60,66,68,71-72,75-76H,3-4,6,8-10,12,14-16,18,20-22,24,26-28,31,34,37,40-49,51,53-57,59,61-65,67,69-70H2,1-2H3,(H,74,77)/b7-5-,13-11-,19-17-,25-23-,30-29-,33-32-,36-35-,39-38-,52-50+,60-58+,68-66+. The van der Waals surface area contributed by atoms with Crippen molar-refractivity contribution in [3.05, 3.63) is 134 Å². The molecule has 4 heteroatoms. The molecule has 77 heavy (non-hydrogen) atoms. The zero-order valence-electron chi connectivity index (χ0n) is 50.7. The van der Waals surface area contributed by atoms with Crippen molar-refractivity contribution < 1.29 is 15.0 Å². The van der Waals surface area contributed by atoms with Crippen LogP contribution in [0.25, 0.3) is 0 Å². The van der Waals surface area contributed by atoms with Gasteiger partial charge in [-0.2, -0.15) is 0 Å². The molecule has 0 aromatic carbocycles. The van der Waals surface area contributed by atoms with Gasteiger partial charge in [0.05, 0.1) is 18.8 Å². The van der Waals surface area contributed by atoms with Crippen LogP contribution in [0, 0.1) is 0 Å². The Morgan fingerprint density at radius 2 is 0.584 bits per heavy atom. The molecule has 0 bridgehead atoms. The first-order valence-electron chi connectivity index (χ1n) is 32.9. The van der Waals surface area contributed by atoms with Crippen molar-refractivity contribution in [2.45, 2.75) is 315 Å². The molecular formula is C73H125NO3. The quantitative estimate of drug-likeness (QED) is 0.0420. The van der Waals surface area contributed by atoms with Crippen LogP contribution in [0.15, 0.2) is 134 Å². The van der Waals surface area contributed by atoms with E-state index in [2.05, 4.69) is 141 Å². The van der Waals surface area contributed by atoms with Crippen LogP contribution in [0.4, 0.5) is 0 Å². The molecule has 0 fully saturated rings. The van der Waals surface area contributed by atoms with Crippen LogP contribution in [0.1, 0.15) is 303 Å². The minimum atomic E-state index is -0.878. The van der Waals surface area contributed by atoms with Gasteiger partial charge < -0.3 is 15.5 Å². The molecule has 3 N–H and O–H groups in total. The summed E-state index contributed by atoms with van der Waals surface area (Å²) in [5.41, 5.74) is 0. The topological polar surface area (TPSA) is 69.6 Å². The molecule has 440 valence electrons. The number of rotatable bonds is 59. The molecule has 4 nitrogen and oxygen atoms in total. The second kappa shape index (κ2) is 66.8. The van der Waals surface area contributed by atoms with E-state index in [9.17, 15) is 15.0 Å². The van der Waals surface area contributed by atoms with Gasteiger partial charge in [-0.1, -0.05) is 321 Å². The monoisotopic (exact) mass is 1060 g/mol. The summed E-state index contributed by atoms with van der Waals surface area (Å²) in [6.45, 7) is 4.19. The molecule has 0 rings (SSSR count). The smallest absolute Gasteiger partial charge is 0.220 e. The van der Waals surface area contributed by atoms with Gasteiger partial charge in [0.15, 0.2) is 0 Å². The molecule has 0 spiro atoms. The van der Waals surface area contributed by atoms with Crippen LogP contribution >= 0.6 is 0 Å². The van der Waals surface area contributed by atoms with E-state index in [0.29, 0.717) is 6.42 Å². The molecule has 0 saturated heterocycles. The van der Waals surface area contributed by atoms with Gasteiger partial charge in [-0.25, -0.2) is 0 Å². The Balaban J connectivity index is 3.56. The Kier molecular flexibility index (Phi) is 63.8. The Morgan fingerprint density at radius 3 is 0.909 bits per heavy atom. The number of aliphatic hydroxyl groups is 2. The third-order valence-corrected chi connectivity index (χ3v) is 14.3. The van der Waals surface area contributed by atoms with Crippen molar-refractivity contribution in [3.63, 3.8) is 0 Å². The Hall–Kier alpha value is -3.47. The normalized spacial score (nSPS) is 13.7. The van der Waals surface area contributed by atoms with E-state index in [4.69, 9.17) is 0 Å². The highest BCUT2D eigenvalue weighted by Crippen LogP contribution is 2.16. The highest BCUT2D eigenvalue weighted by atomic mass is 16.3. The molecule has 0 aromatic heterocycles. The van der Waals surface area contributed by atoms with Gasteiger partial charge in [-0.05, 0) is 109 Å². The average molecular weight is 1060 g/mol. The maximum Gasteiger partial charge on any atom is 0.220 e. The number of unbranched alkanes of at least 4 members (excludes halogenated alkanes) is 32. The number of hydrogen-bond donors (Lipinski definition) is 3. The summed E-state index contributed by atoms with van der Waals surface area (Å²) in [6, 6.07) is -0.654. The maximum absolute atomic E-state index is 12.5. The largest absolute Gasteiger partial charge is 0.394 e. The van der Waals surface area contributed by atoms with Crippen LogP contribution in [0.3, 0.4) is 0 Å². The second-order valence-corrected chi connectivity index (χ2v) is 21.8. The molecule has 1 amide bonds. The number of aliphatic hydroxyl groups excluding tert-OH is 2. The number of carbonyl (C=O) groups is 1. The molecule has 2 unspecified atom stereocenters. The zero-order valence-corrected chi connectivity index (χ0v) is 50.7. The van der Waals surface area contributed by atoms with Crippen LogP contribution in [-0.2, 0) is 4.79 Å². The van der Waals surface area contributed by atoms with Gasteiger partial charge >= 0.3 is 0 Å². The Bertz CT molecular complexity index is 1540. The summed E-state index contributed by atoms with van der Waals surface area (Å²) >= 11 is 0. The SMILES string of the molecule is CC/C=C\C/C=C\C/C=C\C/C=C\C/C=C\C/C=C\C/C=C\C/C=C\CCCCCCCCCCCCCCCCCCC(=O)NC(CO)C(O)/C=C/CC/C=C/CC/C=C/CCCCCCCCCCCCCCCC. The van der Waals surface area contributed by atoms with Gasteiger partial charge in [-0.15, -0.1) is 0 Å². The predicted octanol–water partition coefficient (Wildman–Crippen LogP) is 22.5. The fraction of sp³-hybridized carbons (Fsp3) is 0.685. The number of carbonyl (C=O) groups excluding carboxylic acids is 1. The van der Waals surface area contributed by atoms with E-state index in [1.54, 1.807) is 6.08 Å². The maximum atomic E-state index is 12.5. The van der Waals surface area contributed by atoms with Crippen molar-refractivity contribution in [1.82, 2.24) is 5.32 Å². The van der Waals surface area contributed by atoms with Crippen molar-refractivity contribution in [2.24, 2.45) is 0 Å². The number of amides is 1. The second-order valence-electron chi connectivity index (χ2n) is 21.8. The summed E-state index contributed by atoms with van der Waals surface area (Å²) in [6.07, 6.45) is 104. The molecule has 0 aliphatic carbocycles. The number of nitrogens with one attached hydrogen (secondary N) is 1. The Morgan fingerprint density at radius 1 is 0.325 bits per heavy atom. The van der Waals surface area contributed by atoms with Gasteiger partial charge in [0.1, 0.15) is 0 Å². The van der Waals surface area contributed by atoms with E-state index in [0.717, 1.165) is 89.9 Å². The summed E-state index contributed by atoms with van der Waals surface area (Å²) < 4.78 is 0. The first-order chi connectivity index (χ1) is 38.2. The molecule has 2 atom stereocenters. The summed E-state index contributed by atoms with van der Waals surface area (Å²) in [4.78, 5) is 12.5. The Labute approximate surface area is 479 Å². The molecular weight excluding hydrogens is 939 g/mol. The van der Waals surface area contributed by atoms with Gasteiger partial charge in [0, 0.05) is 6.42 Å². The minimum absolute atomic E-state index is 0.0794. The lowest BCUT2D eigenvalue weighted by Gasteiger charge is -2.19. The predicted molar refractivity (Wildman–Crippen MR) is 345 cm³/mol. The molecule has 0 saturated carbocycles. The van der Waals surface area contributed by atoms with E-state index in [1.807, 2.05) is 6.08 Å². The average Bonchev–Trinajstić information content (AvgIpc) is 3.43. The fourth-order valence-electron chi connectivity index (χ4n) is 9.41. The molecule has 0 radical (unpaired) electrons. The van der Waals surface area contributed by atoms with Crippen molar-refractivity contribution in [3.8, 4) is 0 Å². The lowest BCUT2D eigenvalue weighted by molar-refractivity contribution is -0.123. The van der Waals surface area contributed by atoms with Crippen LogP contribution in [0.5, 0.6) is 0 Å². The van der Waals surface area contributed by atoms with Crippen molar-refractivity contribution in [1.29, 1.82) is 0 Å².